The summed E-state index contributed by atoms with van der Waals surface area (Å²) in [5.74, 6) is -0.548. The van der Waals surface area contributed by atoms with Gasteiger partial charge in [-0.25, -0.2) is 9.18 Å². The van der Waals surface area contributed by atoms with Gasteiger partial charge in [0.05, 0.1) is 24.6 Å². The Morgan fingerprint density at radius 1 is 1.26 bits per heavy atom. The summed E-state index contributed by atoms with van der Waals surface area (Å²) in [7, 11) is 0. The standard InChI is InChI=1S/C21H29FN2O3/c1-2-27-19(25)15-21(11-4-3-5-12-21)23-20(26)24-13-7-10-18(24)16-8-6-9-17(22)14-16/h6,8-9,14,18H,2-5,7,10-13,15H2,1H3,(H,23,26)/t18-/m0/s1. The molecule has 1 aliphatic heterocycles. The molecule has 1 heterocycles. The average Bonchev–Trinajstić information content (AvgIpc) is 3.12. The minimum atomic E-state index is -0.531. The van der Waals surface area contributed by atoms with Crippen LogP contribution < -0.4 is 5.32 Å². The number of halogens is 1. The van der Waals surface area contributed by atoms with Crippen LogP contribution >= 0.6 is 0 Å². The first kappa shape index (κ1) is 19.6. The largest absolute Gasteiger partial charge is 0.466 e. The van der Waals surface area contributed by atoms with Crippen molar-refractivity contribution in [2.75, 3.05) is 13.2 Å². The van der Waals surface area contributed by atoms with Crippen LogP contribution in [0, 0.1) is 5.82 Å². The third-order valence-corrected chi connectivity index (χ3v) is 5.72. The Hall–Kier alpha value is -2.11. The second-order valence-corrected chi connectivity index (χ2v) is 7.66. The van der Waals surface area contributed by atoms with Gasteiger partial charge in [-0.15, -0.1) is 0 Å². The average molecular weight is 376 g/mol. The number of rotatable bonds is 5. The Bertz CT molecular complexity index is 673. The molecule has 2 amide bonds. The summed E-state index contributed by atoms with van der Waals surface area (Å²) in [6.45, 7) is 2.77. The van der Waals surface area contributed by atoms with E-state index in [0.717, 1.165) is 50.5 Å². The third-order valence-electron chi connectivity index (χ3n) is 5.72. The highest BCUT2D eigenvalue weighted by Crippen LogP contribution is 2.35. The van der Waals surface area contributed by atoms with Crippen LogP contribution in [-0.2, 0) is 9.53 Å². The molecule has 0 radical (unpaired) electrons. The molecule has 1 saturated heterocycles. The molecular formula is C21H29FN2O3. The molecule has 148 valence electrons. The van der Waals surface area contributed by atoms with Gasteiger partial charge in [-0.3, -0.25) is 4.79 Å². The van der Waals surface area contributed by atoms with Crippen LogP contribution in [0.1, 0.15) is 69.9 Å². The van der Waals surface area contributed by atoms with Crippen molar-refractivity contribution in [2.45, 2.75) is 69.9 Å². The van der Waals surface area contributed by atoms with Crippen molar-refractivity contribution in [3.63, 3.8) is 0 Å². The maximum atomic E-state index is 13.6. The molecule has 0 spiro atoms. The molecule has 5 nitrogen and oxygen atoms in total. The molecule has 1 aromatic rings. The highest BCUT2D eigenvalue weighted by atomic mass is 19.1. The number of nitrogens with one attached hydrogen (secondary N) is 1. The summed E-state index contributed by atoms with van der Waals surface area (Å²) >= 11 is 0. The van der Waals surface area contributed by atoms with E-state index in [0.29, 0.717) is 13.2 Å². The van der Waals surface area contributed by atoms with Crippen molar-refractivity contribution in [3.8, 4) is 0 Å². The molecule has 0 unspecified atom stereocenters. The van der Waals surface area contributed by atoms with Crippen molar-refractivity contribution in [3.05, 3.63) is 35.6 Å². The number of ether oxygens (including phenoxy) is 1. The quantitative estimate of drug-likeness (QED) is 0.778. The van der Waals surface area contributed by atoms with Crippen LogP contribution in [-0.4, -0.2) is 35.6 Å². The zero-order valence-electron chi connectivity index (χ0n) is 16.0. The van der Waals surface area contributed by atoms with E-state index < -0.39 is 5.54 Å². The maximum Gasteiger partial charge on any atom is 0.318 e. The maximum absolute atomic E-state index is 13.6. The Morgan fingerprint density at radius 3 is 2.74 bits per heavy atom. The summed E-state index contributed by atoms with van der Waals surface area (Å²) in [6, 6.07) is 6.19. The highest BCUT2D eigenvalue weighted by Gasteiger charge is 2.39. The fourth-order valence-electron chi connectivity index (χ4n) is 4.43. The molecule has 0 aromatic heterocycles. The predicted octanol–water partition coefficient (Wildman–Crippen LogP) is 4.33. The number of carbonyl (C=O) groups is 2. The van der Waals surface area contributed by atoms with Crippen LogP contribution in [0.4, 0.5) is 9.18 Å². The molecule has 2 fully saturated rings. The lowest BCUT2D eigenvalue weighted by Crippen LogP contribution is -2.55. The smallest absolute Gasteiger partial charge is 0.318 e. The monoisotopic (exact) mass is 376 g/mol. The number of nitrogens with zero attached hydrogens (tertiary/aromatic N) is 1. The SMILES string of the molecule is CCOC(=O)CC1(NC(=O)N2CCC[C@H]2c2cccc(F)c2)CCCCC1. The Balaban J connectivity index is 1.73. The summed E-state index contributed by atoms with van der Waals surface area (Å²) in [5, 5.41) is 3.17. The van der Waals surface area contributed by atoms with Gasteiger partial charge in [0, 0.05) is 6.54 Å². The number of hydrogen-bond acceptors (Lipinski definition) is 3. The fourth-order valence-corrected chi connectivity index (χ4v) is 4.43. The molecule has 27 heavy (non-hydrogen) atoms. The molecular weight excluding hydrogens is 347 g/mol. The topological polar surface area (TPSA) is 58.6 Å². The van der Waals surface area contributed by atoms with Crippen molar-refractivity contribution in [2.24, 2.45) is 0 Å². The van der Waals surface area contributed by atoms with E-state index in [4.69, 9.17) is 4.74 Å². The van der Waals surface area contributed by atoms with Crippen LogP contribution in [0.3, 0.4) is 0 Å². The van der Waals surface area contributed by atoms with Gasteiger partial charge in [0.15, 0.2) is 0 Å². The minimum absolute atomic E-state index is 0.121. The van der Waals surface area contributed by atoms with E-state index in [9.17, 15) is 14.0 Å². The van der Waals surface area contributed by atoms with Crippen LogP contribution in [0.5, 0.6) is 0 Å². The second-order valence-electron chi connectivity index (χ2n) is 7.66. The molecule has 1 N–H and O–H groups in total. The van der Waals surface area contributed by atoms with E-state index in [-0.39, 0.29) is 30.3 Å². The van der Waals surface area contributed by atoms with E-state index in [1.165, 1.54) is 12.1 Å². The number of carbonyl (C=O) groups excluding carboxylic acids is 2. The zero-order chi connectivity index (χ0) is 19.3. The van der Waals surface area contributed by atoms with Crippen LogP contribution in [0.25, 0.3) is 0 Å². The number of likely N-dealkylation sites (tertiary alicyclic amines) is 1. The molecule has 2 aliphatic rings. The number of hydrogen-bond donors (Lipinski definition) is 1. The van der Waals surface area contributed by atoms with Gasteiger partial charge in [-0.2, -0.15) is 0 Å². The summed E-state index contributed by atoms with van der Waals surface area (Å²) in [6.07, 6.45) is 6.61. The molecule has 1 aromatic carbocycles. The van der Waals surface area contributed by atoms with Gasteiger partial charge in [-0.05, 0) is 50.3 Å². The highest BCUT2D eigenvalue weighted by molar-refractivity contribution is 5.78. The van der Waals surface area contributed by atoms with E-state index in [1.807, 2.05) is 6.07 Å². The van der Waals surface area contributed by atoms with Gasteiger partial charge in [-0.1, -0.05) is 31.4 Å². The number of benzene rings is 1. The van der Waals surface area contributed by atoms with E-state index in [2.05, 4.69) is 5.32 Å². The van der Waals surface area contributed by atoms with Gasteiger partial charge >= 0.3 is 12.0 Å². The Labute approximate surface area is 160 Å². The normalized spacial score (nSPS) is 21.7. The van der Waals surface area contributed by atoms with Crippen LogP contribution in [0.2, 0.25) is 0 Å². The first-order chi connectivity index (χ1) is 13.0. The number of amides is 2. The second kappa shape index (κ2) is 8.72. The molecule has 3 rings (SSSR count). The predicted molar refractivity (Wildman–Crippen MR) is 101 cm³/mol. The lowest BCUT2D eigenvalue weighted by Gasteiger charge is -2.39. The fraction of sp³-hybridized carbons (Fsp3) is 0.619. The van der Waals surface area contributed by atoms with Crippen molar-refractivity contribution >= 4 is 12.0 Å². The van der Waals surface area contributed by atoms with Gasteiger partial charge in [0.2, 0.25) is 0 Å². The lowest BCUT2D eigenvalue weighted by atomic mass is 9.79. The molecule has 1 saturated carbocycles. The van der Waals surface area contributed by atoms with E-state index in [1.54, 1.807) is 17.9 Å². The van der Waals surface area contributed by atoms with Crippen LogP contribution in [0.15, 0.2) is 24.3 Å². The van der Waals surface area contributed by atoms with Crippen molar-refractivity contribution < 1.29 is 18.7 Å². The minimum Gasteiger partial charge on any atom is -0.466 e. The lowest BCUT2D eigenvalue weighted by molar-refractivity contribution is -0.145. The van der Waals surface area contributed by atoms with Gasteiger partial charge in [0.25, 0.3) is 0 Å². The number of esters is 1. The molecule has 1 atom stereocenters. The molecule has 6 heteroatoms. The van der Waals surface area contributed by atoms with Gasteiger partial charge < -0.3 is 15.0 Å². The first-order valence-electron chi connectivity index (χ1n) is 10.0. The van der Waals surface area contributed by atoms with Crippen molar-refractivity contribution in [1.29, 1.82) is 0 Å². The Kier molecular flexibility index (Phi) is 6.34. The first-order valence-corrected chi connectivity index (χ1v) is 10.0. The summed E-state index contributed by atoms with van der Waals surface area (Å²) in [5.41, 5.74) is 0.294. The summed E-state index contributed by atoms with van der Waals surface area (Å²) in [4.78, 5) is 27.0. The van der Waals surface area contributed by atoms with Gasteiger partial charge in [0.1, 0.15) is 5.82 Å². The zero-order valence-corrected chi connectivity index (χ0v) is 16.0. The Morgan fingerprint density at radius 2 is 2.04 bits per heavy atom. The number of urea groups is 1. The summed E-state index contributed by atoms with van der Waals surface area (Å²) < 4.78 is 18.8. The molecule has 0 bridgehead atoms. The van der Waals surface area contributed by atoms with Crippen molar-refractivity contribution in [1.82, 2.24) is 10.2 Å². The molecule has 1 aliphatic carbocycles. The third kappa shape index (κ3) is 4.79. The van der Waals surface area contributed by atoms with E-state index >= 15 is 0 Å².